The minimum absolute atomic E-state index is 0.0216. The van der Waals surface area contributed by atoms with Gasteiger partial charge in [0.05, 0.1) is 12.0 Å². The lowest BCUT2D eigenvalue weighted by atomic mass is 10.1. The number of ether oxygens (including phenoxy) is 2. The summed E-state index contributed by atoms with van der Waals surface area (Å²) < 4.78 is 10.4. The van der Waals surface area contributed by atoms with Crippen molar-refractivity contribution in [2.45, 2.75) is 13.5 Å². The quantitative estimate of drug-likeness (QED) is 0.490. The number of carbonyl (C=O) groups excluding carboxylic acids is 2. The number of amides is 1. The van der Waals surface area contributed by atoms with Gasteiger partial charge in [0.25, 0.3) is 5.69 Å². The number of nitrogens with one attached hydrogen (secondary N) is 1. The van der Waals surface area contributed by atoms with Crippen LogP contribution >= 0.6 is 0 Å². The third-order valence-electron chi connectivity index (χ3n) is 3.25. The zero-order chi connectivity index (χ0) is 18.4. The average molecular weight is 344 g/mol. The highest BCUT2D eigenvalue weighted by Gasteiger charge is 2.15. The third-order valence-corrected chi connectivity index (χ3v) is 3.25. The molecule has 8 heteroatoms. The molecule has 0 bridgehead atoms. The molecule has 0 spiro atoms. The number of methoxy groups -OCH3 is 1. The first-order valence-corrected chi connectivity index (χ1v) is 7.27. The maximum atomic E-state index is 11.8. The van der Waals surface area contributed by atoms with Gasteiger partial charge >= 0.3 is 5.97 Å². The molecule has 0 aliphatic carbocycles. The molecule has 0 radical (unpaired) electrons. The molecular formula is C17H16N2O6. The lowest BCUT2D eigenvalue weighted by Crippen LogP contribution is -2.09. The lowest BCUT2D eigenvalue weighted by molar-refractivity contribution is -0.384. The van der Waals surface area contributed by atoms with Crippen molar-refractivity contribution in [3.8, 4) is 5.75 Å². The molecule has 1 amide bonds. The average Bonchev–Trinajstić information content (AvgIpc) is 2.59. The van der Waals surface area contributed by atoms with E-state index in [0.717, 1.165) is 0 Å². The Labute approximate surface area is 143 Å². The number of hydrogen-bond donors (Lipinski definition) is 1. The minimum atomic E-state index is -0.576. The molecule has 0 atom stereocenters. The number of nitro groups is 1. The van der Waals surface area contributed by atoms with Crippen molar-refractivity contribution < 1.29 is 24.0 Å². The van der Waals surface area contributed by atoms with Crippen molar-refractivity contribution >= 4 is 23.3 Å². The first kappa shape index (κ1) is 17.9. The highest BCUT2D eigenvalue weighted by Crippen LogP contribution is 2.25. The third kappa shape index (κ3) is 4.77. The van der Waals surface area contributed by atoms with Crippen molar-refractivity contribution in [3.63, 3.8) is 0 Å². The van der Waals surface area contributed by atoms with Gasteiger partial charge in [-0.15, -0.1) is 0 Å². The summed E-state index contributed by atoms with van der Waals surface area (Å²) in [4.78, 5) is 33.2. The Hall–Kier alpha value is -3.42. The van der Waals surface area contributed by atoms with Crippen molar-refractivity contribution in [2.24, 2.45) is 0 Å². The van der Waals surface area contributed by atoms with Crippen LogP contribution in [0.4, 0.5) is 11.4 Å². The molecule has 0 fully saturated rings. The monoisotopic (exact) mass is 344 g/mol. The smallest absolute Gasteiger partial charge is 0.341 e. The molecule has 0 saturated heterocycles. The van der Waals surface area contributed by atoms with Crippen LogP contribution in [0.5, 0.6) is 5.75 Å². The van der Waals surface area contributed by atoms with E-state index in [1.54, 1.807) is 18.2 Å². The molecule has 25 heavy (non-hydrogen) atoms. The highest BCUT2D eigenvalue weighted by atomic mass is 16.6. The number of esters is 1. The Kier molecular flexibility index (Phi) is 5.67. The van der Waals surface area contributed by atoms with Gasteiger partial charge < -0.3 is 14.8 Å². The van der Waals surface area contributed by atoms with Crippen LogP contribution in [0, 0.1) is 10.1 Å². The van der Waals surface area contributed by atoms with Gasteiger partial charge in [-0.1, -0.05) is 0 Å². The fraction of sp³-hybridized carbons (Fsp3) is 0.176. The van der Waals surface area contributed by atoms with Crippen LogP contribution in [-0.2, 0) is 16.1 Å². The number of nitrogens with zero attached hydrogens (tertiary/aromatic N) is 1. The van der Waals surface area contributed by atoms with Crippen LogP contribution in [0.15, 0.2) is 42.5 Å². The molecule has 0 aromatic heterocycles. The summed E-state index contributed by atoms with van der Waals surface area (Å²) >= 11 is 0. The molecule has 130 valence electrons. The molecule has 2 aromatic carbocycles. The molecule has 2 rings (SSSR count). The first-order valence-electron chi connectivity index (χ1n) is 7.27. The summed E-state index contributed by atoms with van der Waals surface area (Å²) in [6, 6.07) is 10.4. The zero-order valence-electron chi connectivity index (χ0n) is 13.6. The number of rotatable bonds is 6. The molecule has 0 saturated carbocycles. The van der Waals surface area contributed by atoms with E-state index in [2.05, 4.69) is 5.32 Å². The SMILES string of the molecule is COC(=O)c1ccc(NC(C)=O)cc1OCc1ccc([N+](=O)[O-])cc1. The normalized spacial score (nSPS) is 10.0. The molecular weight excluding hydrogens is 328 g/mol. The second kappa shape index (κ2) is 7.91. The van der Waals surface area contributed by atoms with Gasteiger partial charge in [0.15, 0.2) is 0 Å². The van der Waals surface area contributed by atoms with Gasteiger partial charge in [-0.3, -0.25) is 14.9 Å². The molecule has 0 aliphatic heterocycles. The van der Waals surface area contributed by atoms with Gasteiger partial charge in [0.1, 0.15) is 17.9 Å². The van der Waals surface area contributed by atoms with Crippen LogP contribution in [-0.4, -0.2) is 23.9 Å². The molecule has 1 N–H and O–H groups in total. The van der Waals surface area contributed by atoms with E-state index in [-0.39, 0.29) is 29.5 Å². The van der Waals surface area contributed by atoms with Crippen molar-refractivity contribution in [1.82, 2.24) is 0 Å². The van der Waals surface area contributed by atoms with E-state index in [9.17, 15) is 19.7 Å². The molecule has 0 unspecified atom stereocenters. The number of nitro benzene ring substituents is 1. The number of hydrogen-bond acceptors (Lipinski definition) is 6. The summed E-state index contributed by atoms with van der Waals surface area (Å²) in [6.07, 6.45) is 0. The van der Waals surface area contributed by atoms with Gasteiger partial charge in [-0.2, -0.15) is 0 Å². The van der Waals surface area contributed by atoms with Gasteiger partial charge in [-0.05, 0) is 29.8 Å². The van der Waals surface area contributed by atoms with E-state index in [1.165, 1.54) is 38.3 Å². The number of benzene rings is 2. The predicted molar refractivity (Wildman–Crippen MR) is 89.5 cm³/mol. The summed E-state index contributed by atoms with van der Waals surface area (Å²) in [5.74, 6) is -0.600. The van der Waals surface area contributed by atoms with Crippen LogP contribution in [0.2, 0.25) is 0 Å². The Bertz CT molecular complexity index is 801. The Morgan fingerprint density at radius 3 is 2.40 bits per heavy atom. The van der Waals surface area contributed by atoms with Crippen molar-refractivity contribution in [1.29, 1.82) is 0 Å². The minimum Gasteiger partial charge on any atom is -0.488 e. The van der Waals surface area contributed by atoms with E-state index in [1.807, 2.05) is 0 Å². The molecule has 8 nitrogen and oxygen atoms in total. The molecule has 0 heterocycles. The van der Waals surface area contributed by atoms with E-state index < -0.39 is 10.9 Å². The summed E-state index contributed by atoms with van der Waals surface area (Å²) in [5, 5.41) is 13.3. The zero-order valence-corrected chi connectivity index (χ0v) is 13.6. The van der Waals surface area contributed by atoms with E-state index in [4.69, 9.17) is 9.47 Å². The number of anilines is 1. The standard InChI is InChI=1S/C17H16N2O6/c1-11(20)18-13-5-8-15(17(21)24-2)16(9-13)25-10-12-3-6-14(7-4-12)19(22)23/h3-9H,10H2,1-2H3,(H,18,20). The number of carbonyl (C=O) groups is 2. The fourth-order valence-corrected chi connectivity index (χ4v) is 2.08. The van der Waals surface area contributed by atoms with Crippen molar-refractivity contribution in [2.75, 3.05) is 12.4 Å². The van der Waals surface area contributed by atoms with E-state index >= 15 is 0 Å². The second-order valence-electron chi connectivity index (χ2n) is 5.10. The van der Waals surface area contributed by atoms with Crippen molar-refractivity contribution in [3.05, 3.63) is 63.7 Å². The summed E-state index contributed by atoms with van der Waals surface area (Å²) in [6.45, 7) is 1.46. The summed E-state index contributed by atoms with van der Waals surface area (Å²) in [5.41, 5.74) is 1.34. The fourth-order valence-electron chi connectivity index (χ4n) is 2.08. The Morgan fingerprint density at radius 2 is 1.84 bits per heavy atom. The summed E-state index contributed by atoms with van der Waals surface area (Å²) in [7, 11) is 1.25. The van der Waals surface area contributed by atoms with Crippen LogP contribution in [0.1, 0.15) is 22.8 Å². The Balaban J connectivity index is 2.21. The Morgan fingerprint density at radius 1 is 1.16 bits per heavy atom. The second-order valence-corrected chi connectivity index (χ2v) is 5.10. The molecule has 0 aliphatic rings. The maximum Gasteiger partial charge on any atom is 0.341 e. The van der Waals surface area contributed by atoms with E-state index in [0.29, 0.717) is 11.3 Å². The molecule has 2 aromatic rings. The van der Waals surface area contributed by atoms with Gasteiger partial charge in [0, 0.05) is 30.8 Å². The highest BCUT2D eigenvalue weighted by molar-refractivity contribution is 5.94. The van der Waals surface area contributed by atoms with Gasteiger partial charge in [0.2, 0.25) is 5.91 Å². The maximum absolute atomic E-state index is 11.8. The number of non-ortho nitro benzene ring substituents is 1. The van der Waals surface area contributed by atoms with Gasteiger partial charge in [-0.25, -0.2) is 4.79 Å². The van der Waals surface area contributed by atoms with Crippen LogP contribution in [0.25, 0.3) is 0 Å². The van der Waals surface area contributed by atoms with Crippen LogP contribution in [0.3, 0.4) is 0 Å². The largest absolute Gasteiger partial charge is 0.488 e. The van der Waals surface area contributed by atoms with Crippen LogP contribution < -0.4 is 10.1 Å². The topological polar surface area (TPSA) is 108 Å². The lowest BCUT2D eigenvalue weighted by Gasteiger charge is -2.12. The predicted octanol–water partition coefficient (Wildman–Crippen LogP) is 2.92. The first-order chi connectivity index (χ1) is 11.9.